The van der Waals surface area contributed by atoms with Crippen LogP contribution in [0.5, 0.6) is 0 Å². The number of aromatic nitrogens is 1. The van der Waals surface area contributed by atoms with Crippen molar-refractivity contribution in [1.82, 2.24) is 10.3 Å². The molecule has 64 valence electrons. The van der Waals surface area contributed by atoms with Gasteiger partial charge in [0.2, 0.25) is 0 Å². The lowest BCUT2D eigenvalue weighted by Gasteiger charge is -2.08. The lowest BCUT2D eigenvalue weighted by Crippen LogP contribution is -2.20. The third-order valence-electron chi connectivity index (χ3n) is 1.51. The molecule has 0 saturated carbocycles. The second kappa shape index (κ2) is 4.91. The molecule has 12 heavy (non-hydrogen) atoms. The predicted octanol–water partition coefficient (Wildman–Crippen LogP) is 1.82. The van der Waals surface area contributed by atoms with Crippen LogP contribution in [-0.4, -0.2) is 11.5 Å². The Bertz CT molecular complexity index is 248. The van der Waals surface area contributed by atoms with Crippen molar-refractivity contribution in [3.63, 3.8) is 0 Å². The van der Waals surface area contributed by atoms with Gasteiger partial charge in [-0.15, -0.1) is 17.8 Å². The Kier molecular flexibility index (Phi) is 3.78. The van der Waals surface area contributed by atoms with Crippen LogP contribution < -0.4 is 5.32 Å². The van der Waals surface area contributed by atoms with Gasteiger partial charge in [-0.2, -0.15) is 0 Å². The summed E-state index contributed by atoms with van der Waals surface area (Å²) >= 11 is 1.57. The molecule has 0 saturated heterocycles. The summed E-state index contributed by atoms with van der Waals surface area (Å²) in [5, 5.41) is 5.21. The summed E-state index contributed by atoms with van der Waals surface area (Å²) in [6.07, 6.45) is 6.44. The Morgan fingerprint density at radius 2 is 2.67 bits per heavy atom. The van der Waals surface area contributed by atoms with Gasteiger partial charge in [-0.3, -0.25) is 5.32 Å². The number of rotatable bonds is 4. The Hall–Kier alpha value is -0.850. The molecule has 2 nitrogen and oxygen atoms in total. The molecule has 3 heteroatoms. The molecule has 0 fully saturated rings. The molecule has 1 unspecified atom stereocenters. The van der Waals surface area contributed by atoms with Crippen LogP contribution in [0.1, 0.15) is 25.1 Å². The van der Waals surface area contributed by atoms with Crippen molar-refractivity contribution in [3.05, 3.63) is 16.6 Å². The zero-order chi connectivity index (χ0) is 8.81. The van der Waals surface area contributed by atoms with E-state index in [1.54, 1.807) is 16.8 Å². The topological polar surface area (TPSA) is 24.9 Å². The minimum atomic E-state index is -0.0174. The third-order valence-corrected chi connectivity index (χ3v) is 2.12. The molecule has 1 atom stereocenters. The molecule has 1 aromatic heterocycles. The number of nitrogens with one attached hydrogen (secondary N) is 1. The molecule has 0 aromatic carbocycles. The third kappa shape index (κ3) is 2.33. The summed E-state index contributed by atoms with van der Waals surface area (Å²) < 4.78 is 0. The fraction of sp³-hybridized carbons (Fsp3) is 0.444. The molecule has 0 aliphatic carbocycles. The van der Waals surface area contributed by atoms with Gasteiger partial charge in [0.25, 0.3) is 0 Å². The Labute approximate surface area is 77.0 Å². The quantitative estimate of drug-likeness (QED) is 0.715. The van der Waals surface area contributed by atoms with Gasteiger partial charge in [0.05, 0.1) is 11.2 Å². The van der Waals surface area contributed by atoms with Crippen LogP contribution in [0.4, 0.5) is 0 Å². The number of nitrogens with zero attached hydrogens (tertiary/aromatic N) is 1. The van der Waals surface area contributed by atoms with Gasteiger partial charge >= 0.3 is 0 Å². The molecule has 0 aliphatic heterocycles. The van der Waals surface area contributed by atoms with Crippen LogP contribution in [0, 0.1) is 12.3 Å². The first kappa shape index (κ1) is 9.24. The van der Waals surface area contributed by atoms with Gasteiger partial charge in [-0.25, -0.2) is 4.98 Å². The highest BCUT2D eigenvalue weighted by atomic mass is 32.1. The number of hydrogen-bond acceptors (Lipinski definition) is 3. The standard InChI is InChI=1S/C9H12N2S/c1-3-5-10-8(4-2)9-6-12-7-11-9/h2,6-8,10H,3,5H2,1H3. The summed E-state index contributed by atoms with van der Waals surface area (Å²) in [6, 6.07) is -0.0174. The van der Waals surface area contributed by atoms with Crippen molar-refractivity contribution >= 4 is 11.3 Å². The highest BCUT2D eigenvalue weighted by Crippen LogP contribution is 2.11. The van der Waals surface area contributed by atoms with Crippen LogP contribution in [0.25, 0.3) is 0 Å². The van der Waals surface area contributed by atoms with Gasteiger partial charge in [0.1, 0.15) is 6.04 Å². The molecule has 0 spiro atoms. The summed E-state index contributed by atoms with van der Waals surface area (Å²) in [5.74, 6) is 2.67. The Morgan fingerprint density at radius 3 is 3.17 bits per heavy atom. The molecule has 0 aliphatic rings. The second-order valence-corrected chi connectivity index (χ2v) is 3.19. The van der Waals surface area contributed by atoms with Crippen molar-refractivity contribution in [2.45, 2.75) is 19.4 Å². The maximum atomic E-state index is 5.36. The maximum absolute atomic E-state index is 5.36. The molecule has 1 N–H and O–H groups in total. The second-order valence-electron chi connectivity index (χ2n) is 2.47. The Balaban J connectivity index is 2.53. The minimum Gasteiger partial charge on any atom is -0.299 e. The highest BCUT2D eigenvalue weighted by molar-refractivity contribution is 7.07. The normalized spacial score (nSPS) is 12.3. The van der Waals surface area contributed by atoms with Gasteiger partial charge in [-0.1, -0.05) is 12.8 Å². The lowest BCUT2D eigenvalue weighted by molar-refractivity contribution is 0.617. The van der Waals surface area contributed by atoms with Crippen LogP contribution in [0.15, 0.2) is 10.9 Å². The average molecular weight is 180 g/mol. The monoisotopic (exact) mass is 180 g/mol. The van der Waals surface area contributed by atoms with Crippen molar-refractivity contribution in [1.29, 1.82) is 0 Å². The van der Waals surface area contributed by atoms with Crippen molar-refractivity contribution in [3.8, 4) is 12.3 Å². The molecular formula is C9H12N2S. The van der Waals surface area contributed by atoms with Crippen LogP contribution in [0.3, 0.4) is 0 Å². The van der Waals surface area contributed by atoms with Crippen LogP contribution >= 0.6 is 11.3 Å². The predicted molar refractivity (Wildman–Crippen MR) is 52.0 cm³/mol. The Morgan fingerprint density at radius 1 is 1.83 bits per heavy atom. The largest absolute Gasteiger partial charge is 0.299 e. The minimum absolute atomic E-state index is 0.0174. The summed E-state index contributed by atoms with van der Waals surface area (Å²) in [4.78, 5) is 4.15. The molecule has 1 heterocycles. The van der Waals surface area contributed by atoms with Crippen LogP contribution in [-0.2, 0) is 0 Å². The molecule has 1 aromatic rings. The van der Waals surface area contributed by atoms with Crippen molar-refractivity contribution in [2.24, 2.45) is 0 Å². The zero-order valence-electron chi connectivity index (χ0n) is 7.08. The van der Waals surface area contributed by atoms with E-state index >= 15 is 0 Å². The van der Waals surface area contributed by atoms with E-state index in [-0.39, 0.29) is 6.04 Å². The van der Waals surface area contributed by atoms with Gasteiger partial charge in [0, 0.05) is 5.38 Å². The average Bonchev–Trinajstić information content (AvgIpc) is 2.59. The van der Waals surface area contributed by atoms with E-state index < -0.39 is 0 Å². The van der Waals surface area contributed by atoms with Crippen molar-refractivity contribution in [2.75, 3.05) is 6.54 Å². The lowest BCUT2D eigenvalue weighted by atomic mass is 10.2. The fourth-order valence-electron chi connectivity index (χ4n) is 0.902. The van der Waals surface area contributed by atoms with Crippen molar-refractivity contribution < 1.29 is 0 Å². The van der Waals surface area contributed by atoms with E-state index in [1.807, 2.05) is 5.38 Å². The molecule has 0 bridgehead atoms. The SMILES string of the molecule is C#CC(NCCC)c1cscn1. The highest BCUT2D eigenvalue weighted by Gasteiger charge is 2.07. The summed E-state index contributed by atoms with van der Waals surface area (Å²) in [7, 11) is 0. The molecule has 0 radical (unpaired) electrons. The zero-order valence-corrected chi connectivity index (χ0v) is 7.90. The van der Waals surface area contributed by atoms with Gasteiger partial charge < -0.3 is 0 Å². The smallest absolute Gasteiger partial charge is 0.112 e. The molecule has 1 rings (SSSR count). The molecule has 0 amide bonds. The fourth-order valence-corrected chi connectivity index (χ4v) is 1.48. The number of terminal acetylenes is 1. The van der Waals surface area contributed by atoms with Crippen LogP contribution in [0.2, 0.25) is 0 Å². The van der Waals surface area contributed by atoms with Gasteiger partial charge in [-0.05, 0) is 13.0 Å². The number of hydrogen-bond donors (Lipinski definition) is 1. The first-order valence-corrected chi connectivity index (χ1v) is 4.90. The first-order chi connectivity index (χ1) is 5.88. The van der Waals surface area contributed by atoms with E-state index in [4.69, 9.17) is 6.42 Å². The summed E-state index contributed by atoms with van der Waals surface area (Å²) in [6.45, 7) is 3.05. The summed E-state index contributed by atoms with van der Waals surface area (Å²) in [5.41, 5.74) is 2.75. The van der Waals surface area contributed by atoms with E-state index in [0.717, 1.165) is 18.7 Å². The van der Waals surface area contributed by atoms with E-state index in [1.165, 1.54) is 0 Å². The van der Waals surface area contributed by atoms with E-state index in [0.29, 0.717) is 0 Å². The first-order valence-electron chi connectivity index (χ1n) is 3.96. The van der Waals surface area contributed by atoms with E-state index in [2.05, 4.69) is 23.1 Å². The molecular weight excluding hydrogens is 168 g/mol. The number of thiazole rings is 1. The maximum Gasteiger partial charge on any atom is 0.112 e. The van der Waals surface area contributed by atoms with E-state index in [9.17, 15) is 0 Å². The van der Waals surface area contributed by atoms with Gasteiger partial charge in [0.15, 0.2) is 0 Å².